The second-order valence-electron chi connectivity index (χ2n) is 4.34. The zero-order valence-corrected chi connectivity index (χ0v) is 13.3. The first kappa shape index (κ1) is 16.6. The van der Waals surface area contributed by atoms with Gasteiger partial charge in [0.05, 0.1) is 0 Å². The number of pyridine rings is 1. The quantitative estimate of drug-likeness (QED) is 0.564. The lowest BCUT2D eigenvalue weighted by Gasteiger charge is -2.06. The summed E-state index contributed by atoms with van der Waals surface area (Å²) in [6.07, 6.45) is 3.53. The van der Waals surface area contributed by atoms with Crippen molar-refractivity contribution in [2.45, 2.75) is 24.3 Å². The van der Waals surface area contributed by atoms with E-state index in [1.165, 1.54) is 12.1 Å². The monoisotopic (exact) mass is 340 g/mol. The van der Waals surface area contributed by atoms with Crippen LogP contribution < -0.4 is 4.84 Å². The molecule has 0 aromatic carbocycles. The standard InChI is InChI=1S/C14H16N2O4S2/c17-12-7-8-13(18)16(12)20-14(19)6-2-4-10-21-22-11-5-1-3-9-15-11/h1,3,5,7-9,17-18H,2,4,6,10H2. The molecule has 0 fully saturated rings. The van der Waals surface area contributed by atoms with Crippen LogP contribution in [0.4, 0.5) is 0 Å². The molecule has 0 saturated carbocycles. The Hall–Kier alpha value is -1.80. The minimum absolute atomic E-state index is 0.228. The van der Waals surface area contributed by atoms with Crippen LogP contribution in [0.1, 0.15) is 19.3 Å². The highest BCUT2D eigenvalue weighted by atomic mass is 33.1. The summed E-state index contributed by atoms with van der Waals surface area (Å²) in [7, 11) is 3.29. The highest BCUT2D eigenvalue weighted by molar-refractivity contribution is 8.76. The van der Waals surface area contributed by atoms with Gasteiger partial charge in [0, 0.05) is 30.5 Å². The summed E-state index contributed by atoms with van der Waals surface area (Å²) in [5, 5.41) is 19.7. The van der Waals surface area contributed by atoms with Gasteiger partial charge in [0.25, 0.3) is 0 Å². The molecule has 2 heterocycles. The lowest BCUT2D eigenvalue weighted by Crippen LogP contribution is -2.18. The van der Waals surface area contributed by atoms with Gasteiger partial charge < -0.3 is 15.1 Å². The van der Waals surface area contributed by atoms with Crippen molar-refractivity contribution in [3.8, 4) is 11.8 Å². The van der Waals surface area contributed by atoms with E-state index < -0.39 is 5.97 Å². The second kappa shape index (κ2) is 8.60. The van der Waals surface area contributed by atoms with Crippen molar-refractivity contribution < 1.29 is 19.8 Å². The Kier molecular flexibility index (Phi) is 6.47. The highest BCUT2D eigenvalue weighted by Crippen LogP contribution is 2.29. The van der Waals surface area contributed by atoms with Crippen LogP contribution in [0.2, 0.25) is 0 Å². The zero-order valence-electron chi connectivity index (χ0n) is 11.7. The molecule has 0 amide bonds. The van der Waals surface area contributed by atoms with Gasteiger partial charge in [0.1, 0.15) is 5.03 Å². The fourth-order valence-corrected chi connectivity index (χ4v) is 3.60. The zero-order chi connectivity index (χ0) is 15.8. The van der Waals surface area contributed by atoms with E-state index in [1.54, 1.807) is 27.8 Å². The lowest BCUT2D eigenvalue weighted by molar-refractivity contribution is -0.145. The van der Waals surface area contributed by atoms with Gasteiger partial charge in [-0.15, -0.1) is 4.73 Å². The van der Waals surface area contributed by atoms with Crippen molar-refractivity contribution in [3.63, 3.8) is 0 Å². The van der Waals surface area contributed by atoms with Crippen LogP contribution in [0, 0.1) is 0 Å². The molecule has 2 rings (SSSR count). The predicted molar refractivity (Wildman–Crippen MR) is 85.8 cm³/mol. The van der Waals surface area contributed by atoms with Crippen LogP contribution in [-0.4, -0.2) is 31.6 Å². The Morgan fingerprint density at radius 3 is 2.64 bits per heavy atom. The summed E-state index contributed by atoms with van der Waals surface area (Å²) in [6, 6.07) is 8.26. The van der Waals surface area contributed by atoms with Crippen molar-refractivity contribution in [2.24, 2.45) is 0 Å². The Balaban J connectivity index is 1.58. The van der Waals surface area contributed by atoms with Gasteiger partial charge in [-0.3, -0.25) is 0 Å². The molecule has 0 saturated heterocycles. The molecule has 0 spiro atoms. The van der Waals surface area contributed by atoms with E-state index in [9.17, 15) is 15.0 Å². The number of carbonyl (C=O) groups excluding carboxylic acids is 1. The topological polar surface area (TPSA) is 84.6 Å². The molecule has 22 heavy (non-hydrogen) atoms. The summed E-state index contributed by atoms with van der Waals surface area (Å²) in [5.74, 6) is -0.223. The fourth-order valence-electron chi connectivity index (χ4n) is 1.57. The van der Waals surface area contributed by atoms with E-state index >= 15 is 0 Å². The molecule has 6 nitrogen and oxygen atoms in total. The van der Waals surface area contributed by atoms with E-state index in [-0.39, 0.29) is 18.2 Å². The second-order valence-corrected chi connectivity index (χ2v) is 6.77. The number of nitrogens with zero attached hydrogens (tertiary/aromatic N) is 2. The molecule has 0 radical (unpaired) electrons. The van der Waals surface area contributed by atoms with E-state index in [4.69, 9.17) is 4.84 Å². The molecular formula is C14H16N2O4S2. The number of carbonyl (C=O) groups is 1. The maximum absolute atomic E-state index is 11.6. The SMILES string of the molecule is O=C(CCCCSSc1ccccn1)On1c(O)ccc1O. The normalized spacial score (nSPS) is 10.5. The minimum atomic E-state index is -0.496. The van der Waals surface area contributed by atoms with E-state index in [2.05, 4.69) is 4.98 Å². The molecule has 0 unspecified atom stereocenters. The maximum Gasteiger partial charge on any atom is 0.333 e. The molecule has 2 aromatic heterocycles. The predicted octanol–water partition coefficient (Wildman–Crippen LogP) is 2.86. The summed E-state index contributed by atoms with van der Waals surface area (Å²) < 4.78 is 0.702. The van der Waals surface area contributed by atoms with Crippen LogP contribution in [-0.2, 0) is 4.79 Å². The number of hydrogen-bond acceptors (Lipinski definition) is 7. The molecule has 2 aromatic rings. The summed E-state index contributed by atoms with van der Waals surface area (Å²) >= 11 is 0. The van der Waals surface area contributed by atoms with E-state index in [1.807, 2.05) is 18.2 Å². The maximum atomic E-state index is 11.6. The molecule has 0 bridgehead atoms. The molecule has 0 atom stereocenters. The number of rotatable bonds is 8. The number of unbranched alkanes of at least 4 members (excludes halogenated alkanes) is 1. The van der Waals surface area contributed by atoms with Gasteiger partial charge in [0.2, 0.25) is 11.8 Å². The van der Waals surface area contributed by atoms with Crippen molar-refractivity contribution in [3.05, 3.63) is 36.5 Å². The Bertz CT molecular complexity index is 585. The molecule has 0 aliphatic carbocycles. The van der Waals surface area contributed by atoms with Gasteiger partial charge in [-0.1, -0.05) is 16.9 Å². The van der Waals surface area contributed by atoms with Gasteiger partial charge in [-0.05, 0) is 35.8 Å². The molecular weight excluding hydrogens is 324 g/mol. The third-order valence-electron chi connectivity index (χ3n) is 2.63. The third kappa shape index (κ3) is 5.19. The van der Waals surface area contributed by atoms with E-state index in [0.29, 0.717) is 11.2 Å². The average molecular weight is 340 g/mol. The largest absolute Gasteiger partial charge is 0.492 e. The smallest absolute Gasteiger partial charge is 0.333 e. The molecule has 8 heteroatoms. The Morgan fingerprint density at radius 1 is 1.18 bits per heavy atom. The van der Waals surface area contributed by atoms with Crippen molar-refractivity contribution in [1.82, 2.24) is 9.71 Å². The Morgan fingerprint density at radius 2 is 1.95 bits per heavy atom. The molecule has 2 N–H and O–H groups in total. The molecule has 0 aliphatic rings. The van der Waals surface area contributed by atoms with Crippen LogP contribution in [0.15, 0.2) is 41.6 Å². The van der Waals surface area contributed by atoms with Gasteiger partial charge in [-0.2, -0.15) is 0 Å². The third-order valence-corrected chi connectivity index (χ3v) is 4.98. The van der Waals surface area contributed by atoms with Crippen molar-refractivity contribution >= 4 is 27.6 Å². The molecule has 118 valence electrons. The van der Waals surface area contributed by atoms with E-state index in [0.717, 1.165) is 17.2 Å². The Labute approximate surface area is 135 Å². The lowest BCUT2D eigenvalue weighted by atomic mass is 10.2. The van der Waals surface area contributed by atoms with Crippen molar-refractivity contribution in [2.75, 3.05) is 5.75 Å². The first-order valence-corrected chi connectivity index (χ1v) is 9.00. The average Bonchev–Trinajstić information content (AvgIpc) is 2.83. The number of hydrogen-bond donors (Lipinski definition) is 2. The summed E-state index contributed by atoms with van der Waals surface area (Å²) in [4.78, 5) is 20.6. The molecule has 0 aliphatic heterocycles. The van der Waals surface area contributed by atoms with Crippen LogP contribution in [0.5, 0.6) is 11.8 Å². The first-order chi connectivity index (χ1) is 10.7. The van der Waals surface area contributed by atoms with Gasteiger partial charge in [0.15, 0.2) is 0 Å². The summed E-state index contributed by atoms with van der Waals surface area (Å²) in [5.41, 5.74) is 0. The van der Waals surface area contributed by atoms with Gasteiger partial charge >= 0.3 is 5.97 Å². The van der Waals surface area contributed by atoms with Gasteiger partial charge in [-0.25, -0.2) is 9.78 Å². The first-order valence-electron chi connectivity index (χ1n) is 6.68. The van der Waals surface area contributed by atoms with Crippen LogP contribution in [0.25, 0.3) is 0 Å². The van der Waals surface area contributed by atoms with Crippen LogP contribution >= 0.6 is 21.6 Å². The minimum Gasteiger partial charge on any atom is -0.492 e. The number of aromatic hydroxyl groups is 2. The highest BCUT2D eigenvalue weighted by Gasteiger charge is 2.11. The fraction of sp³-hybridized carbons (Fsp3) is 0.286. The van der Waals surface area contributed by atoms with Crippen molar-refractivity contribution in [1.29, 1.82) is 0 Å². The summed E-state index contributed by atoms with van der Waals surface area (Å²) in [6.45, 7) is 0. The van der Waals surface area contributed by atoms with Crippen LogP contribution in [0.3, 0.4) is 0 Å². The number of aromatic nitrogens is 2.